The molecule has 6 nitrogen and oxygen atoms in total. The Balaban J connectivity index is 2.78. The van der Waals surface area contributed by atoms with Gasteiger partial charge in [0.1, 0.15) is 11.8 Å². The van der Waals surface area contributed by atoms with Crippen LogP contribution in [0.4, 0.5) is 5.95 Å². The highest BCUT2D eigenvalue weighted by Gasteiger charge is 2.30. The topological polar surface area (TPSA) is 95.7 Å². The second-order valence-electron chi connectivity index (χ2n) is 4.26. The summed E-state index contributed by atoms with van der Waals surface area (Å²) >= 11 is 0. The number of nitrogens with zero attached hydrogens (tertiary/aromatic N) is 3. The van der Waals surface area contributed by atoms with Crippen LogP contribution in [0.1, 0.15) is 19.5 Å². The maximum absolute atomic E-state index is 11.5. The maximum Gasteiger partial charge on any atom is 0.223 e. The zero-order valence-corrected chi connectivity index (χ0v) is 10.7. The molecule has 0 aliphatic rings. The molecule has 92 valence electrons. The van der Waals surface area contributed by atoms with Crippen molar-refractivity contribution in [2.75, 3.05) is 18.1 Å². The molecule has 0 aliphatic heterocycles. The van der Waals surface area contributed by atoms with E-state index in [4.69, 9.17) is 5.26 Å². The summed E-state index contributed by atoms with van der Waals surface area (Å²) in [5.41, 5.74) is 0.236. The van der Waals surface area contributed by atoms with Gasteiger partial charge in [-0.15, -0.1) is 0 Å². The second-order valence-corrected chi connectivity index (χ2v) is 6.91. The molecule has 1 heterocycles. The third-order valence-corrected chi connectivity index (χ3v) is 4.60. The van der Waals surface area contributed by atoms with Crippen molar-refractivity contribution in [1.29, 1.82) is 5.26 Å². The first-order valence-corrected chi connectivity index (χ1v) is 6.82. The molecular weight excluding hydrogens is 240 g/mol. The molecule has 7 heteroatoms. The van der Waals surface area contributed by atoms with Crippen molar-refractivity contribution in [2.45, 2.75) is 18.6 Å². The molecule has 0 bridgehead atoms. The van der Waals surface area contributed by atoms with E-state index in [0.717, 1.165) is 0 Å². The van der Waals surface area contributed by atoms with Gasteiger partial charge in [-0.25, -0.2) is 18.4 Å². The lowest BCUT2D eigenvalue weighted by molar-refractivity contribution is 0.559. The number of sulfone groups is 1. The van der Waals surface area contributed by atoms with Gasteiger partial charge in [0.25, 0.3) is 0 Å². The number of rotatable bonds is 4. The third-order valence-electron chi connectivity index (χ3n) is 2.45. The van der Waals surface area contributed by atoms with E-state index in [1.807, 2.05) is 6.07 Å². The van der Waals surface area contributed by atoms with Crippen LogP contribution in [0.3, 0.4) is 0 Å². The Kier molecular flexibility index (Phi) is 3.68. The molecule has 1 N–H and O–H groups in total. The largest absolute Gasteiger partial charge is 0.353 e. The van der Waals surface area contributed by atoms with Crippen LogP contribution in [0.25, 0.3) is 0 Å². The van der Waals surface area contributed by atoms with Crippen molar-refractivity contribution in [2.24, 2.45) is 0 Å². The van der Waals surface area contributed by atoms with E-state index in [2.05, 4.69) is 15.3 Å². The number of hydrogen-bond acceptors (Lipinski definition) is 6. The van der Waals surface area contributed by atoms with Gasteiger partial charge in [-0.1, -0.05) is 0 Å². The lowest BCUT2D eigenvalue weighted by atomic mass is 10.2. The second kappa shape index (κ2) is 4.67. The summed E-state index contributed by atoms with van der Waals surface area (Å²) < 4.78 is 22.0. The summed E-state index contributed by atoms with van der Waals surface area (Å²) in [6.45, 7) is 3.41. The highest BCUT2D eigenvalue weighted by atomic mass is 32.2. The van der Waals surface area contributed by atoms with Crippen LogP contribution in [0.2, 0.25) is 0 Å². The highest BCUT2D eigenvalue weighted by Crippen LogP contribution is 2.15. The average Bonchev–Trinajstić information content (AvgIpc) is 2.25. The summed E-state index contributed by atoms with van der Waals surface area (Å²) in [4.78, 5) is 7.80. The summed E-state index contributed by atoms with van der Waals surface area (Å²) in [6, 6.07) is 3.36. The van der Waals surface area contributed by atoms with Gasteiger partial charge in [0.05, 0.1) is 4.75 Å². The highest BCUT2D eigenvalue weighted by molar-refractivity contribution is 7.92. The van der Waals surface area contributed by atoms with Crippen molar-refractivity contribution in [3.63, 3.8) is 0 Å². The molecule has 0 spiro atoms. The molecule has 0 radical (unpaired) electrons. The van der Waals surface area contributed by atoms with E-state index in [-0.39, 0.29) is 18.2 Å². The molecular formula is C10H14N4O2S. The fourth-order valence-electron chi connectivity index (χ4n) is 0.929. The summed E-state index contributed by atoms with van der Waals surface area (Å²) in [5, 5.41) is 11.5. The zero-order chi connectivity index (χ0) is 13.1. The predicted octanol–water partition coefficient (Wildman–Crippen LogP) is 0.583. The number of nitrogens with one attached hydrogen (secondary N) is 1. The minimum atomic E-state index is -3.17. The van der Waals surface area contributed by atoms with E-state index in [0.29, 0.717) is 0 Å². The number of nitriles is 1. The first-order valence-electron chi connectivity index (χ1n) is 4.93. The Morgan fingerprint density at radius 2 is 2.18 bits per heavy atom. The molecule has 0 atom stereocenters. The molecule has 0 unspecified atom stereocenters. The van der Waals surface area contributed by atoms with Gasteiger partial charge < -0.3 is 5.32 Å². The average molecular weight is 254 g/mol. The minimum Gasteiger partial charge on any atom is -0.353 e. The molecule has 0 aliphatic carbocycles. The van der Waals surface area contributed by atoms with Gasteiger partial charge in [0, 0.05) is 19.0 Å². The Morgan fingerprint density at radius 1 is 1.53 bits per heavy atom. The van der Waals surface area contributed by atoms with E-state index in [1.165, 1.54) is 18.5 Å². The van der Waals surface area contributed by atoms with Crippen LogP contribution >= 0.6 is 0 Å². The fraction of sp³-hybridized carbons (Fsp3) is 0.500. The van der Waals surface area contributed by atoms with Crippen molar-refractivity contribution >= 4 is 15.8 Å². The van der Waals surface area contributed by atoms with E-state index < -0.39 is 14.6 Å². The standard InChI is InChI=1S/C10H14N4O2S/c1-10(2,17(3,15)16)7-13-9-12-5-4-8(6-11)14-9/h4-5H,7H2,1-3H3,(H,12,13,14). The Labute approximate surface area is 101 Å². The van der Waals surface area contributed by atoms with Gasteiger partial charge in [0.15, 0.2) is 9.84 Å². The van der Waals surface area contributed by atoms with Crippen LogP contribution in [-0.2, 0) is 9.84 Å². The lowest BCUT2D eigenvalue weighted by Crippen LogP contribution is -2.38. The zero-order valence-electron chi connectivity index (χ0n) is 9.93. The first kappa shape index (κ1) is 13.4. The minimum absolute atomic E-state index is 0.181. The smallest absolute Gasteiger partial charge is 0.223 e. The molecule has 0 fully saturated rings. The molecule has 0 saturated heterocycles. The van der Waals surface area contributed by atoms with E-state index in [9.17, 15) is 8.42 Å². The first-order chi connectivity index (χ1) is 7.76. The monoisotopic (exact) mass is 254 g/mol. The Morgan fingerprint density at radius 3 is 2.71 bits per heavy atom. The molecule has 17 heavy (non-hydrogen) atoms. The number of anilines is 1. The molecule has 1 aromatic rings. The van der Waals surface area contributed by atoms with Crippen LogP contribution in [0, 0.1) is 11.3 Å². The quantitative estimate of drug-likeness (QED) is 0.844. The number of aromatic nitrogens is 2. The summed E-state index contributed by atoms with van der Waals surface area (Å²) in [6.07, 6.45) is 2.63. The summed E-state index contributed by atoms with van der Waals surface area (Å²) in [7, 11) is -3.17. The SMILES string of the molecule is CC(C)(CNc1nccc(C#N)n1)S(C)(=O)=O. The fourth-order valence-corrected chi connectivity index (χ4v) is 1.26. The van der Waals surface area contributed by atoms with Crippen molar-refractivity contribution in [3.8, 4) is 6.07 Å². The third kappa shape index (κ3) is 3.39. The van der Waals surface area contributed by atoms with Crippen LogP contribution in [0.5, 0.6) is 0 Å². The van der Waals surface area contributed by atoms with E-state index >= 15 is 0 Å². The van der Waals surface area contributed by atoms with Crippen LogP contribution < -0.4 is 5.32 Å². The maximum atomic E-state index is 11.5. The predicted molar refractivity (Wildman–Crippen MR) is 64.2 cm³/mol. The number of hydrogen-bond donors (Lipinski definition) is 1. The Hall–Kier alpha value is -1.68. The van der Waals surface area contributed by atoms with Crippen LogP contribution in [-0.4, -0.2) is 35.9 Å². The van der Waals surface area contributed by atoms with Crippen molar-refractivity contribution in [1.82, 2.24) is 9.97 Å². The lowest BCUT2D eigenvalue weighted by Gasteiger charge is -2.22. The van der Waals surface area contributed by atoms with Gasteiger partial charge in [-0.3, -0.25) is 0 Å². The Bertz CT molecular complexity index is 546. The molecule has 0 saturated carbocycles. The van der Waals surface area contributed by atoms with Crippen molar-refractivity contribution < 1.29 is 8.42 Å². The van der Waals surface area contributed by atoms with E-state index in [1.54, 1.807) is 13.8 Å². The van der Waals surface area contributed by atoms with Gasteiger partial charge in [-0.05, 0) is 19.9 Å². The van der Waals surface area contributed by atoms with Crippen LogP contribution in [0.15, 0.2) is 12.3 Å². The molecule has 1 aromatic heterocycles. The van der Waals surface area contributed by atoms with Gasteiger partial charge >= 0.3 is 0 Å². The van der Waals surface area contributed by atoms with Gasteiger partial charge in [-0.2, -0.15) is 5.26 Å². The summed E-state index contributed by atoms with van der Waals surface area (Å²) in [5.74, 6) is 0.251. The molecule has 0 aromatic carbocycles. The van der Waals surface area contributed by atoms with Gasteiger partial charge in [0.2, 0.25) is 5.95 Å². The molecule has 0 amide bonds. The van der Waals surface area contributed by atoms with Crippen molar-refractivity contribution in [3.05, 3.63) is 18.0 Å². The normalized spacial score (nSPS) is 11.9. The molecule has 1 rings (SSSR count).